The molecule has 180 valence electrons. The van der Waals surface area contributed by atoms with Crippen molar-refractivity contribution in [3.05, 3.63) is 35.0 Å². The van der Waals surface area contributed by atoms with E-state index in [2.05, 4.69) is 29.2 Å². The molecule has 2 aromatic rings. The lowest BCUT2D eigenvalue weighted by Gasteiger charge is -2.33. The molecule has 1 N–H and O–H groups in total. The van der Waals surface area contributed by atoms with Crippen molar-refractivity contribution in [3.8, 4) is 0 Å². The number of hydrogen-bond acceptors (Lipinski definition) is 4. The monoisotopic (exact) mass is 454 g/mol. The Balaban J connectivity index is 1.47. The summed E-state index contributed by atoms with van der Waals surface area (Å²) in [6, 6.07) is 6.14. The van der Waals surface area contributed by atoms with Crippen LogP contribution in [0.3, 0.4) is 0 Å². The van der Waals surface area contributed by atoms with Crippen molar-refractivity contribution in [1.29, 1.82) is 0 Å². The van der Waals surface area contributed by atoms with Gasteiger partial charge in [-0.2, -0.15) is 0 Å². The topological polar surface area (TPSA) is 66.8 Å². The lowest BCUT2D eigenvalue weighted by molar-refractivity contribution is -0.124. The first-order valence-electron chi connectivity index (χ1n) is 12.3. The van der Waals surface area contributed by atoms with E-state index >= 15 is 0 Å². The van der Waals surface area contributed by atoms with Crippen LogP contribution in [0, 0.1) is 11.8 Å². The molecule has 2 amide bonds. The molecule has 7 heteroatoms. The summed E-state index contributed by atoms with van der Waals surface area (Å²) in [5, 5.41) is 2.87. The number of rotatable bonds is 7. The van der Waals surface area contributed by atoms with Gasteiger partial charge in [0.25, 0.3) is 5.91 Å². The van der Waals surface area contributed by atoms with Crippen LogP contribution in [-0.4, -0.2) is 67.2 Å². The predicted molar refractivity (Wildman–Crippen MR) is 130 cm³/mol. The molecule has 1 aromatic carbocycles. The van der Waals surface area contributed by atoms with Crippen LogP contribution in [0.4, 0.5) is 0 Å². The first-order valence-corrected chi connectivity index (χ1v) is 12.3. The van der Waals surface area contributed by atoms with Gasteiger partial charge in [-0.1, -0.05) is 0 Å². The van der Waals surface area contributed by atoms with Gasteiger partial charge in [0, 0.05) is 76.5 Å². The van der Waals surface area contributed by atoms with E-state index in [-0.39, 0.29) is 11.8 Å². The van der Waals surface area contributed by atoms with Crippen LogP contribution in [0.1, 0.15) is 53.7 Å². The van der Waals surface area contributed by atoms with E-state index in [1.165, 1.54) is 41.4 Å². The number of hydrogen-bond donors (Lipinski definition) is 1. The molecule has 1 fully saturated rings. The number of nitrogens with zero attached hydrogens (tertiary/aromatic N) is 3. The molecular weight excluding hydrogens is 416 g/mol. The average Bonchev–Trinajstić information content (AvgIpc) is 3.09. The number of hydrazine groups is 1. The van der Waals surface area contributed by atoms with Crippen molar-refractivity contribution < 1.29 is 14.3 Å². The second kappa shape index (κ2) is 10.3. The maximum absolute atomic E-state index is 13.1. The predicted octanol–water partition coefficient (Wildman–Crippen LogP) is 3.15. The fourth-order valence-electron chi connectivity index (χ4n) is 5.63. The highest BCUT2D eigenvalue weighted by atomic mass is 16.5. The van der Waals surface area contributed by atoms with Crippen LogP contribution in [0.5, 0.6) is 0 Å². The van der Waals surface area contributed by atoms with E-state index in [1.54, 1.807) is 24.0 Å². The largest absolute Gasteiger partial charge is 0.381 e. The number of carbonyl (C=O) groups is 2. The molecule has 1 aromatic heterocycles. The Morgan fingerprint density at radius 3 is 2.61 bits per heavy atom. The molecule has 0 saturated carbocycles. The Labute approximate surface area is 197 Å². The summed E-state index contributed by atoms with van der Waals surface area (Å²) in [5.41, 5.74) is 7.55. The molecule has 2 heterocycles. The Morgan fingerprint density at radius 1 is 1.12 bits per heavy atom. The summed E-state index contributed by atoms with van der Waals surface area (Å²) in [4.78, 5) is 26.7. The van der Waals surface area contributed by atoms with Crippen LogP contribution in [0.25, 0.3) is 10.9 Å². The van der Waals surface area contributed by atoms with Crippen molar-refractivity contribution in [3.63, 3.8) is 0 Å². The van der Waals surface area contributed by atoms with Gasteiger partial charge in [0.2, 0.25) is 5.91 Å². The SMILES string of the molecule is CN(C)NC(=O)CCCN(C)C(=O)c1ccc2c(c1)c1c(n2C)CC[C@@H](C2CCOCC2)C1. The van der Waals surface area contributed by atoms with Gasteiger partial charge in [0.1, 0.15) is 0 Å². The van der Waals surface area contributed by atoms with Crippen molar-refractivity contribution in [2.75, 3.05) is 40.9 Å². The smallest absolute Gasteiger partial charge is 0.253 e. The van der Waals surface area contributed by atoms with E-state index in [9.17, 15) is 9.59 Å². The van der Waals surface area contributed by atoms with Gasteiger partial charge in [-0.3, -0.25) is 15.0 Å². The second-order valence-corrected chi connectivity index (χ2v) is 9.93. The quantitative estimate of drug-likeness (QED) is 0.653. The highest BCUT2D eigenvalue weighted by Crippen LogP contribution is 2.39. The van der Waals surface area contributed by atoms with Crippen molar-refractivity contribution >= 4 is 22.7 Å². The molecule has 0 bridgehead atoms. The lowest BCUT2D eigenvalue weighted by Crippen LogP contribution is -2.36. The van der Waals surface area contributed by atoms with E-state index in [4.69, 9.17) is 4.74 Å². The molecular formula is C26H38N4O3. The third-order valence-electron chi connectivity index (χ3n) is 7.43. The minimum Gasteiger partial charge on any atom is -0.381 e. The van der Waals surface area contributed by atoms with Crippen LogP contribution >= 0.6 is 0 Å². The van der Waals surface area contributed by atoms with Crippen LogP contribution in [-0.2, 0) is 29.4 Å². The Kier molecular flexibility index (Phi) is 7.39. The van der Waals surface area contributed by atoms with Crippen molar-refractivity contribution in [1.82, 2.24) is 19.9 Å². The van der Waals surface area contributed by atoms with Gasteiger partial charge in [0.15, 0.2) is 0 Å². The Morgan fingerprint density at radius 2 is 1.88 bits per heavy atom. The number of carbonyl (C=O) groups excluding carboxylic acids is 2. The second-order valence-electron chi connectivity index (χ2n) is 9.93. The third kappa shape index (κ3) is 5.25. The van der Waals surface area contributed by atoms with Gasteiger partial charge in [-0.15, -0.1) is 0 Å². The Bertz CT molecular complexity index is 1010. The molecule has 7 nitrogen and oxygen atoms in total. The first-order chi connectivity index (χ1) is 15.8. The van der Waals surface area contributed by atoms with Gasteiger partial charge in [-0.25, -0.2) is 5.01 Å². The Hall–Kier alpha value is -2.38. The van der Waals surface area contributed by atoms with Crippen LogP contribution in [0.15, 0.2) is 18.2 Å². The standard InChI is InChI=1S/C26H38N4O3/c1-28(2)27-25(31)6-5-13-29(3)26(32)20-8-10-24-22(17-20)21-16-19(7-9-23(21)30(24)4)18-11-14-33-15-12-18/h8,10,17-19H,5-7,9,11-16H2,1-4H3,(H,27,31)/t19-/m1/s1. The number of nitrogens with one attached hydrogen (secondary N) is 1. The number of aryl methyl sites for hydroxylation is 1. The van der Waals surface area contributed by atoms with E-state index in [0.29, 0.717) is 25.3 Å². The number of benzene rings is 1. The average molecular weight is 455 g/mol. The van der Waals surface area contributed by atoms with E-state index < -0.39 is 0 Å². The molecule has 0 spiro atoms. The number of fused-ring (bicyclic) bond motifs is 3. The minimum atomic E-state index is -0.0303. The summed E-state index contributed by atoms with van der Waals surface area (Å²) in [6.45, 7) is 2.34. The first kappa shape index (κ1) is 23.8. The van der Waals surface area contributed by atoms with Gasteiger partial charge >= 0.3 is 0 Å². The number of aromatic nitrogens is 1. The minimum absolute atomic E-state index is 0.0132. The third-order valence-corrected chi connectivity index (χ3v) is 7.43. The summed E-state index contributed by atoms with van der Waals surface area (Å²) < 4.78 is 7.91. The van der Waals surface area contributed by atoms with E-state index in [0.717, 1.165) is 37.5 Å². The zero-order valence-electron chi connectivity index (χ0n) is 20.5. The molecule has 0 unspecified atom stereocenters. The van der Waals surface area contributed by atoms with Crippen molar-refractivity contribution in [2.45, 2.75) is 44.9 Å². The fraction of sp³-hybridized carbons (Fsp3) is 0.615. The number of ether oxygens (including phenoxy) is 1. The van der Waals surface area contributed by atoms with Crippen molar-refractivity contribution in [2.24, 2.45) is 18.9 Å². The van der Waals surface area contributed by atoms with Gasteiger partial charge < -0.3 is 14.2 Å². The molecule has 33 heavy (non-hydrogen) atoms. The highest BCUT2D eigenvalue weighted by Gasteiger charge is 2.31. The summed E-state index contributed by atoms with van der Waals surface area (Å²) in [5.74, 6) is 1.45. The van der Waals surface area contributed by atoms with Crippen LogP contribution in [0.2, 0.25) is 0 Å². The summed E-state index contributed by atoms with van der Waals surface area (Å²) in [6.07, 6.45) is 6.84. The molecule has 1 aliphatic heterocycles. The molecule has 4 rings (SSSR count). The zero-order valence-corrected chi connectivity index (χ0v) is 20.5. The molecule has 1 saturated heterocycles. The molecule has 0 radical (unpaired) electrons. The lowest BCUT2D eigenvalue weighted by atomic mass is 9.75. The molecule has 2 aliphatic rings. The summed E-state index contributed by atoms with van der Waals surface area (Å²) >= 11 is 0. The maximum atomic E-state index is 13.1. The van der Waals surface area contributed by atoms with Gasteiger partial charge in [0.05, 0.1) is 0 Å². The summed E-state index contributed by atoms with van der Waals surface area (Å²) in [7, 11) is 7.55. The van der Waals surface area contributed by atoms with Gasteiger partial charge in [-0.05, 0) is 74.1 Å². The normalized spacial score (nSPS) is 19.0. The molecule has 1 aliphatic carbocycles. The zero-order chi connectivity index (χ0) is 23.5. The highest BCUT2D eigenvalue weighted by molar-refractivity contribution is 5.99. The molecule has 1 atom stereocenters. The maximum Gasteiger partial charge on any atom is 0.253 e. The fourth-order valence-corrected chi connectivity index (χ4v) is 5.63. The van der Waals surface area contributed by atoms with Crippen LogP contribution < -0.4 is 5.43 Å². The van der Waals surface area contributed by atoms with E-state index in [1.807, 2.05) is 13.1 Å². The number of amides is 2.